The molecule has 5 rings (SSSR count). The van der Waals surface area contributed by atoms with E-state index in [1.165, 1.54) is 24.3 Å². The molecule has 0 spiro atoms. The zero-order valence-corrected chi connectivity index (χ0v) is 22.7. The van der Waals surface area contributed by atoms with Gasteiger partial charge in [0.2, 0.25) is 11.8 Å². The van der Waals surface area contributed by atoms with Gasteiger partial charge >= 0.3 is 0 Å². The van der Waals surface area contributed by atoms with E-state index in [4.69, 9.17) is 11.6 Å². The average Bonchev–Trinajstić information content (AvgIpc) is 3.39. The minimum atomic E-state index is -0.585. The number of aryl methyl sites for hydroxylation is 1. The van der Waals surface area contributed by atoms with Gasteiger partial charge in [-0.2, -0.15) is 0 Å². The minimum Gasteiger partial charge on any atom is -0.337 e. The van der Waals surface area contributed by atoms with Crippen LogP contribution in [0, 0.1) is 12.7 Å². The Morgan fingerprint density at radius 3 is 2.38 bits per heavy atom. The number of nitrogens with zero attached hydrogens (tertiary/aromatic N) is 2. The summed E-state index contributed by atoms with van der Waals surface area (Å²) in [6.45, 7) is 1.36. The highest BCUT2D eigenvalue weighted by molar-refractivity contribution is 8.18. The summed E-state index contributed by atoms with van der Waals surface area (Å²) in [5.74, 6) is -1.84. The van der Waals surface area contributed by atoms with Crippen molar-refractivity contribution in [1.29, 1.82) is 0 Å². The van der Waals surface area contributed by atoms with E-state index in [1.54, 1.807) is 35.0 Å². The number of rotatable bonds is 7. The van der Waals surface area contributed by atoms with Gasteiger partial charge in [0, 0.05) is 39.1 Å². The largest absolute Gasteiger partial charge is 0.337 e. The van der Waals surface area contributed by atoms with E-state index in [2.05, 4.69) is 10.6 Å². The van der Waals surface area contributed by atoms with Crippen LogP contribution in [0.5, 0.6) is 0 Å². The van der Waals surface area contributed by atoms with Gasteiger partial charge in [-0.3, -0.25) is 24.1 Å². The van der Waals surface area contributed by atoms with Gasteiger partial charge in [0.15, 0.2) is 0 Å². The quantitative estimate of drug-likeness (QED) is 0.261. The smallest absolute Gasteiger partial charge is 0.294 e. The van der Waals surface area contributed by atoms with E-state index in [0.29, 0.717) is 22.0 Å². The fourth-order valence-electron chi connectivity index (χ4n) is 4.20. The molecule has 2 heterocycles. The monoisotopic (exact) mass is 576 g/mol. The molecule has 1 aromatic heterocycles. The zero-order chi connectivity index (χ0) is 28.4. The molecule has 0 unspecified atom stereocenters. The summed E-state index contributed by atoms with van der Waals surface area (Å²) < 4.78 is 14.9. The molecule has 3 aromatic carbocycles. The van der Waals surface area contributed by atoms with Gasteiger partial charge in [0.1, 0.15) is 18.9 Å². The summed E-state index contributed by atoms with van der Waals surface area (Å²) in [4.78, 5) is 52.0. The highest BCUT2D eigenvalue weighted by Gasteiger charge is 2.36. The third-order valence-corrected chi connectivity index (χ3v) is 7.49. The van der Waals surface area contributed by atoms with Crippen LogP contribution in [-0.2, 0) is 20.9 Å². The molecule has 8 nitrogen and oxygen atoms in total. The van der Waals surface area contributed by atoms with E-state index in [9.17, 15) is 23.6 Å². The summed E-state index contributed by atoms with van der Waals surface area (Å²) in [7, 11) is 0. The molecule has 202 valence electrons. The van der Waals surface area contributed by atoms with Gasteiger partial charge in [0.25, 0.3) is 11.1 Å². The lowest BCUT2D eigenvalue weighted by molar-refractivity contribution is -0.127. The third kappa shape index (κ3) is 5.93. The molecule has 0 radical (unpaired) electrons. The standard InChI is InChI=1S/C29H22ClFN4O4S/c1-17-6-9-21(13-23(17)30)33-27(37)16-35-28(38)25(40-29(35)39)12-18-14-34(24-5-3-2-4-22(18)24)15-26(36)32-20-10-7-19(31)8-11-20/h2-14H,15-16H2,1H3,(H,32,36)(H,33,37)/b25-12-. The second-order valence-corrected chi connectivity index (χ2v) is 10.5. The van der Waals surface area contributed by atoms with Crippen LogP contribution in [-0.4, -0.2) is 39.0 Å². The Balaban J connectivity index is 1.32. The number of para-hydroxylation sites is 1. The lowest BCUT2D eigenvalue weighted by Gasteiger charge is -2.12. The first-order chi connectivity index (χ1) is 19.2. The van der Waals surface area contributed by atoms with Crippen LogP contribution in [0.15, 0.2) is 77.8 Å². The van der Waals surface area contributed by atoms with Crippen molar-refractivity contribution in [2.45, 2.75) is 13.5 Å². The molecular weight excluding hydrogens is 555 g/mol. The van der Waals surface area contributed by atoms with Gasteiger partial charge in [-0.1, -0.05) is 35.9 Å². The number of hydrogen-bond donors (Lipinski definition) is 2. The molecule has 0 bridgehead atoms. The number of fused-ring (bicyclic) bond motifs is 1. The maximum absolute atomic E-state index is 13.2. The Kier molecular flexibility index (Phi) is 7.72. The fourth-order valence-corrected chi connectivity index (χ4v) is 5.21. The van der Waals surface area contributed by atoms with Crippen LogP contribution in [0.3, 0.4) is 0 Å². The lowest BCUT2D eigenvalue weighted by atomic mass is 10.1. The van der Waals surface area contributed by atoms with Gasteiger partial charge in [-0.25, -0.2) is 4.39 Å². The first-order valence-corrected chi connectivity index (χ1v) is 13.3. The molecule has 0 aliphatic carbocycles. The van der Waals surface area contributed by atoms with E-state index in [0.717, 1.165) is 33.1 Å². The number of hydrogen-bond acceptors (Lipinski definition) is 5. The van der Waals surface area contributed by atoms with Crippen LogP contribution in [0.4, 0.5) is 20.6 Å². The normalized spacial score (nSPS) is 14.3. The molecule has 1 saturated heterocycles. The fraction of sp³-hybridized carbons (Fsp3) is 0.103. The molecule has 1 fully saturated rings. The molecule has 11 heteroatoms. The first-order valence-electron chi connectivity index (χ1n) is 12.1. The maximum atomic E-state index is 13.2. The van der Waals surface area contributed by atoms with E-state index >= 15 is 0 Å². The molecule has 2 N–H and O–H groups in total. The first kappa shape index (κ1) is 27.2. The van der Waals surface area contributed by atoms with Crippen molar-refractivity contribution in [3.8, 4) is 0 Å². The predicted molar refractivity (Wildman–Crippen MR) is 154 cm³/mol. The number of aromatic nitrogens is 1. The highest BCUT2D eigenvalue weighted by Crippen LogP contribution is 2.34. The van der Waals surface area contributed by atoms with Crippen LogP contribution in [0.25, 0.3) is 17.0 Å². The number of anilines is 2. The average molecular weight is 577 g/mol. The van der Waals surface area contributed by atoms with Crippen molar-refractivity contribution in [2.24, 2.45) is 0 Å². The van der Waals surface area contributed by atoms with Crippen molar-refractivity contribution < 1.29 is 23.6 Å². The van der Waals surface area contributed by atoms with Crippen molar-refractivity contribution in [3.05, 3.63) is 99.8 Å². The molecule has 40 heavy (non-hydrogen) atoms. The van der Waals surface area contributed by atoms with Gasteiger partial charge < -0.3 is 15.2 Å². The number of benzene rings is 3. The number of imide groups is 1. The van der Waals surface area contributed by atoms with Crippen LogP contribution in [0.2, 0.25) is 5.02 Å². The molecule has 1 aliphatic rings. The third-order valence-electron chi connectivity index (χ3n) is 6.18. The minimum absolute atomic E-state index is 0.0313. The number of nitrogens with one attached hydrogen (secondary N) is 2. The maximum Gasteiger partial charge on any atom is 0.294 e. The lowest BCUT2D eigenvalue weighted by Crippen LogP contribution is -2.36. The van der Waals surface area contributed by atoms with Gasteiger partial charge in [-0.15, -0.1) is 0 Å². The number of thioether (sulfide) groups is 1. The SMILES string of the molecule is Cc1ccc(NC(=O)CN2C(=O)S/C(=C\c3cn(CC(=O)Nc4ccc(F)cc4)c4ccccc34)C2=O)cc1Cl. The summed E-state index contributed by atoms with van der Waals surface area (Å²) in [6, 6.07) is 17.8. The van der Waals surface area contributed by atoms with E-state index in [-0.39, 0.29) is 17.4 Å². The Hall–Kier alpha value is -4.41. The number of amides is 4. The van der Waals surface area contributed by atoms with E-state index < -0.39 is 29.4 Å². The summed E-state index contributed by atoms with van der Waals surface area (Å²) >= 11 is 6.85. The van der Waals surface area contributed by atoms with Gasteiger partial charge in [0.05, 0.1) is 4.91 Å². The Bertz CT molecular complexity index is 1700. The zero-order valence-electron chi connectivity index (χ0n) is 21.1. The van der Waals surface area contributed by atoms with Crippen molar-refractivity contribution in [3.63, 3.8) is 0 Å². The molecule has 0 atom stereocenters. The molecule has 4 amide bonds. The molecule has 4 aromatic rings. The highest BCUT2D eigenvalue weighted by atomic mass is 35.5. The van der Waals surface area contributed by atoms with Crippen molar-refractivity contribution in [2.75, 3.05) is 17.2 Å². The Morgan fingerprint density at radius 1 is 0.950 bits per heavy atom. The molecule has 0 saturated carbocycles. The number of carbonyl (C=O) groups excluding carboxylic acids is 4. The van der Waals surface area contributed by atoms with Crippen LogP contribution >= 0.6 is 23.4 Å². The van der Waals surface area contributed by atoms with Crippen LogP contribution in [0.1, 0.15) is 11.1 Å². The molecular formula is C29H22ClFN4O4S. The number of carbonyl (C=O) groups is 4. The topological polar surface area (TPSA) is 101 Å². The van der Waals surface area contributed by atoms with E-state index in [1.807, 2.05) is 31.2 Å². The second-order valence-electron chi connectivity index (χ2n) is 9.06. The second kappa shape index (κ2) is 11.4. The number of halogens is 2. The Morgan fingerprint density at radius 2 is 1.62 bits per heavy atom. The predicted octanol–water partition coefficient (Wildman–Crippen LogP) is 6.06. The summed E-state index contributed by atoms with van der Waals surface area (Å²) in [5.41, 5.74) is 3.16. The van der Waals surface area contributed by atoms with Gasteiger partial charge in [-0.05, 0) is 72.8 Å². The molecule has 1 aliphatic heterocycles. The summed E-state index contributed by atoms with van der Waals surface area (Å²) in [5, 5.41) is 6.08. The van der Waals surface area contributed by atoms with Crippen molar-refractivity contribution >= 4 is 74.7 Å². The van der Waals surface area contributed by atoms with Crippen LogP contribution < -0.4 is 10.6 Å². The Labute approximate surface area is 237 Å². The summed E-state index contributed by atoms with van der Waals surface area (Å²) in [6.07, 6.45) is 3.30. The van der Waals surface area contributed by atoms with Crippen molar-refractivity contribution in [1.82, 2.24) is 9.47 Å².